The Bertz CT molecular complexity index is 388. The summed E-state index contributed by atoms with van der Waals surface area (Å²) < 4.78 is 0. The van der Waals surface area contributed by atoms with E-state index in [1.807, 2.05) is 24.3 Å². The van der Waals surface area contributed by atoms with E-state index in [0.29, 0.717) is 0 Å². The molecule has 0 heterocycles. The highest BCUT2D eigenvalue weighted by atomic mass is 16.1. The largest absolute Gasteiger partial charge is 0.294 e. The minimum atomic E-state index is 0.161. The first kappa shape index (κ1) is 9.20. The van der Waals surface area contributed by atoms with Crippen molar-refractivity contribution in [2.45, 2.75) is 26.2 Å². The van der Waals surface area contributed by atoms with Gasteiger partial charge in [0.25, 0.3) is 0 Å². The second-order valence-corrected chi connectivity index (χ2v) is 3.72. The van der Waals surface area contributed by atoms with Crippen molar-refractivity contribution in [3.05, 3.63) is 41.5 Å². The van der Waals surface area contributed by atoms with Gasteiger partial charge in [0.05, 0.1) is 0 Å². The van der Waals surface area contributed by atoms with Gasteiger partial charge < -0.3 is 0 Å². The van der Waals surface area contributed by atoms with Crippen molar-refractivity contribution < 1.29 is 4.79 Å². The number of hydrogen-bond acceptors (Lipinski definition) is 1. The molecule has 1 heteroatoms. The van der Waals surface area contributed by atoms with E-state index >= 15 is 0 Å². The Morgan fingerprint density at radius 3 is 2.71 bits per heavy atom. The lowest BCUT2D eigenvalue weighted by atomic mass is 9.97. The zero-order valence-electron chi connectivity index (χ0n) is 8.42. The summed E-state index contributed by atoms with van der Waals surface area (Å²) in [6.07, 6.45) is 5.75. The van der Waals surface area contributed by atoms with E-state index in [1.165, 1.54) is 12.0 Å². The predicted octanol–water partition coefficient (Wildman–Crippen LogP) is 3.46. The van der Waals surface area contributed by atoms with E-state index in [9.17, 15) is 4.79 Å². The lowest BCUT2D eigenvalue weighted by Crippen LogP contribution is -1.97. The summed E-state index contributed by atoms with van der Waals surface area (Å²) in [5.41, 5.74) is 3.34. The Balaban J connectivity index is 2.46. The molecule has 72 valence electrons. The molecule has 0 saturated carbocycles. The highest BCUT2D eigenvalue weighted by Crippen LogP contribution is 2.29. The second-order valence-electron chi connectivity index (χ2n) is 3.72. The van der Waals surface area contributed by atoms with Gasteiger partial charge in [-0.3, -0.25) is 4.79 Å². The van der Waals surface area contributed by atoms with Crippen LogP contribution in [0.1, 0.15) is 42.1 Å². The fourth-order valence-electron chi connectivity index (χ4n) is 1.99. The molecule has 0 N–H and O–H groups in total. The van der Waals surface area contributed by atoms with Crippen LogP contribution in [0.2, 0.25) is 0 Å². The lowest BCUT2D eigenvalue weighted by molar-refractivity contribution is 0.101. The van der Waals surface area contributed by atoms with Gasteiger partial charge in [0.15, 0.2) is 5.78 Å². The summed E-state index contributed by atoms with van der Waals surface area (Å²) in [7, 11) is 0. The van der Waals surface area contributed by atoms with Crippen LogP contribution in [0.4, 0.5) is 0 Å². The molecule has 1 aliphatic carbocycles. The summed E-state index contributed by atoms with van der Waals surface area (Å²) in [6, 6.07) is 7.89. The number of carbonyl (C=O) groups is 1. The van der Waals surface area contributed by atoms with Crippen molar-refractivity contribution in [2.24, 2.45) is 0 Å². The molecule has 0 atom stereocenters. The zero-order valence-corrected chi connectivity index (χ0v) is 8.42. The van der Waals surface area contributed by atoms with Crippen LogP contribution in [0.5, 0.6) is 0 Å². The first-order valence-corrected chi connectivity index (χ1v) is 5.08. The highest BCUT2D eigenvalue weighted by molar-refractivity contribution is 5.99. The summed E-state index contributed by atoms with van der Waals surface area (Å²) >= 11 is 0. The normalized spacial score (nSPS) is 15.4. The Labute approximate surface area is 84.5 Å². The monoisotopic (exact) mass is 186 g/mol. The Morgan fingerprint density at radius 1 is 1.29 bits per heavy atom. The molecule has 1 aromatic rings. The average molecular weight is 186 g/mol. The lowest BCUT2D eigenvalue weighted by Gasteiger charge is -2.06. The van der Waals surface area contributed by atoms with Gasteiger partial charge in [-0.1, -0.05) is 30.3 Å². The van der Waals surface area contributed by atoms with Gasteiger partial charge in [0.2, 0.25) is 0 Å². The molecular formula is C13H14O. The Kier molecular flexibility index (Phi) is 2.49. The Hall–Kier alpha value is -1.37. The number of carbonyl (C=O) groups excluding carboxylic acids is 1. The minimum absolute atomic E-state index is 0.161. The maximum absolute atomic E-state index is 11.4. The van der Waals surface area contributed by atoms with Crippen LogP contribution in [0.15, 0.2) is 30.3 Å². The third-order valence-electron chi connectivity index (χ3n) is 2.69. The maximum atomic E-state index is 11.4. The molecule has 1 nitrogen and oxygen atoms in total. The van der Waals surface area contributed by atoms with E-state index in [0.717, 1.165) is 24.0 Å². The Morgan fingerprint density at radius 2 is 2.07 bits per heavy atom. The fraction of sp³-hybridized carbons (Fsp3) is 0.308. The molecule has 0 aliphatic heterocycles. The molecule has 0 radical (unpaired) electrons. The van der Waals surface area contributed by atoms with Gasteiger partial charge in [0.1, 0.15) is 0 Å². The van der Waals surface area contributed by atoms with Crippen LogP contribution in [-0.2, 0) is 0 Å². The average Bonchev–Trinajstić information content (AvgIpc) is 2.70. The molecule has 0 bridgehead atoms. The van der Waals surface area contributed by atoms with E-state index in [2.05, 4.69) is 6.08 Å². The summed E-state index contributed by atoms with van der Waals surface area (Å²) in [6.45, 7) is 1.63. The minimum Gasteiger partial charge on any atom is -0.294 e. The smallest absolute Gasteiger partial charge is 0.160 e. The molecule has 0 unspecified atom stereocenters. The number of hydrogen-bond donors (Lipinski definition) is 0. The van der Waals surface area contributed by atoms with E-state index in [4.69, 9.17) is 0 Å². The molecule has 1 aliphatic rings. The van der Waals surface area contributed by atoms with Crippen LogP contribution < -0.4 is 0 Å². The summed E-state index contributed by atoms with van der Waals surface area (Å²) in [5.74, 6) is 0.161. The molecule has 0 spiro atoms. The summed E-state index contributed by atoms with van der Waals surface area (Å²) in [4.78, 5) is 11.4. The molecule has 0 aromatic heterocycles. The van der Waals surface area contributed by atoms with Crippen molar-refractivity contribution in [2.75, 3.05) is 0 Å². The van der Waals surface area contributed by atoms with Gasteiger partial charge in [-0.15, -0.1) is 0 Å². The van der Waals surface area contributed by atoms with Crippen molar-refractivity contribution >= 4 is 11.4 Å². The van der Waals surface area contributed by atoms with Gasteiger partial charge in [-0.05, 0) is 37.3 Å². The topological polar surface area (TPSA) is 17.1 Å². The quantitative estimate of drug-likeness (QED) is 0.646. The van der Waals surface area contributed by atoms with E-state index in [-0.39, 0.29) is 5.78 Å². The number of benzene rings is 1. The SMILES string of the molecule is CC(=O)c1ccccc1C1=CCCC1. The fourth-order valence-corrected chi connectivity index (χ4v) is 1.99. The molecule has 0 fully saturated rings. The predicted molar refractivity (Wildman–Crippen MR) is 58.3 cm³/mol. The number of ketones is 1. The van der Waals surface area contributed by atoms with E-state index in [1.54, 1.807) is 6.92 Å². The van der Waals surface area contributed by atoms with E-state index < -0.39 is 0 Å². The van der Waals surface area contributed by atoms with Crippen LogP contribution in [-0.4, -0.2) is 5.78 Å². The first-order chi connectivity index (χ1) is 6.79. The molecule has 14 heavy (non-hydrogen) atoms. The van der Waals surface area contributed by atoms with Crippen molar-refractivity contribution in [1.29, 1.82) is 0 Å². The van der Waals surface area contributed by atoms with Crippen molar-refractivity contribution in [3.63, 3.8) is 0 Å². The molecule has 0 saturated heterocycles. The summed E-state index contributed by atoms with van der Waals surface area (Å²) in [5, 5.41) is 0. The van der Waals surface area contributed by atoms with Crippen LogP contribution in [0, 0.1) is 0 Å². The van der Waals surface area contributed by atoms with Crippen LogP contribution in [0.3, 0.4) is 0 Å². The maximum Gasteiger partial charge on any atom is 0.160 e. The zero-order chi connectivity index (χ0) is 9.97. The number of allylic oxidation sites excluding steroid dienone is 2. The van der Waals surface area contributed by atoms with Crippen LogP contribution >= 0.6 is 0 Å². The first-order valence-electron chi connectivity index (χ1n) is 5.08. The third-order valence-corrected chi connectivity index (χ3v) is 2.69. The standard InChI is InChI=1S/C13H14O/c1-10(14)12-8-4-5-9-13(12)11-6-2-3-7-11/h4-6,8-9H,2-3,7H2,1H3. The molecular weight excluding hydrogens is 172 g/mol. The van der Waals surface area contributed by atoms with Gasteiger partial charge >= 0.3 is 0 Å². The third kappa shape index (κ3) is 1.63. The number of Topliss-reactive ketones (excluding diaryl/α,β-unsaturated/α-hetero) is 1. The van der Waals surface area contributed by atoms with Gasteiger partial charge in [-0.25, -0.2) is 0 Å². The van der Waals surface area contributed by atoms with Crippen molar-refractivity contribution in [1.82, 2.24) is 0 Å². The molecule has 0 amide bonds. The van der Waals surface area contributed by atoms with Crippen molar-refractivity contribution in [3.8, 4) is 0 Å². The second kappa shape index (κ2) is 3.79. The molecule has 1 aromatic carbocycles. The van der Waals surface area contributed by atoms with Crippen LogP contribution in [0.25, 0.3) is 5.57 Å². The van der Waals surface area contributed by atoms with Gasteiger partial charge in [0, 0.05) is 5.56 Å². The van der Waals surface area contributed by atoms with Gasteiger partial charge in [-0.2, -0.15) is 0 Å². The molecule has 2 rings (SSSR count). The number of rotatable bonds is 2. The highest BCUT2D eigenvalue weighted by Gasteiger charge is 2.12.